The first-order chi connectivity index (χ1) is 9.83. The second kappa shape index (κ2) is 6.60. The molecule has 2 rings (SSSR count). The maximum atomic E-state index is 12.6. The van der Waals surface area contributed by atoms with Gasteiger partial charge in [0.05, 0.1) is 0 Å². The number of halogens is 1. The van der Waals surface area contributed by atoms with Crippen LogP contribution in [0.25, 0.3) is 0 Å². The fraction of sp³-hybridized carbons (Fsp3) is 0.615. The van der Waals surface area contributed by atoms with Gasteiger partial charge in [-0.2, -0.15) is 0 Å². The Labute approximate surface area is 134 Å². The number of hydrogen-bond donors (Lipinski definition) is 2. The molecule has 2 unspecified atom stereocenters. The lowest BCUT2D eigenvalue weighted by molar-refractivity contribution is 0.188. The van der Waals surface area contributed by atoms with Gasteiger partial charge in [0, 0.05) is 30.3 Å². The molecule has 0 spiro atoms. The van der Waals surface area contributed by atoms with E-state index in [2.05, 4.69) is 49.8 Å². The number of sulfonamides is 1. The van der Waals surface area contributed by atoms with Gasteiger partial charge < -0.3 is 10.2 Å². The van der Waals surface area contributed by atoms with Gasteiger partial charge >= 0.3 is 0 Å². The fourth-order valence-corrected chi connectivity index (χ4v) is 4.66. The molecule has 1 aromatic heterocycles. The van der Waals surface area contributed by atoms with Crippen molar-refractivity contribution in [3.8, 4) is 0 Å². The van der Waals surface area contributed by atoms with Crippen LogP contribution in [0.15, 0.2) is 21.6 Å². The largest absolute Gasteiger partial charge is 0.372 e. The third-order valence-corrected chi connectivity index (χ3v) is 5.70. The number of aromatic nitrogens is 1. The van der Waals surface area contributed by atoms with Gasteiger partial charge in [0.2, 0.25) is 10.0 Å². The summed E-state index contributed by atoms with van der Waals surface area (Å²) in [6, 6.07) is 1.52. The van der Waals surface area contributed by atoms with Gasteiger partial charge in [-0.15, -0.1) is 0 Å². The lowest BCUT2D eigenvalue weighted by Gasteiger charge is -2.35. The average molecular weight is 377 g/mol. The number of pyridine rings is 1. The number of nitrogens with one attached hydrogen (secondary N) is 2. The highest BCUT2D eigenvalue weighted by atomic mass is 79.9. The maximum absolute atomic E-state index is 12.6. The molecule has 8 heteroatoms. The van der Waals surface area contributed by atoms with Gasteiger partial charge in [0.15, 0.2) is 0 Å². The highest BCUT2D eigenvalue weighted by molar-refractivity contribution is 9.10. The minimum absolute atomic E-state index is 0.0464. The van der Waals surface area contributed by atoms with E-state index in [0.717, 1.165) is 19.5 Å². The molecule has 118 valence electrons. The van der Waals surface area contributed by atoms with Gasteiger partial charge in [-0.05, 0) is 47.9 Å². The van der Waals surface area contributed by atoms with Gasteiger partial charge in [-0.25, -0.2) is 18.1 Å². The summed E-state index contributed by atoms with van der Waals surface area (Å²) < 4.78 is 28.7. The number of rotatable bonds is 4. The molecule has 2 atom stereocenters. The Morgan fingerprint density at radius 2 is 2.19 bits per heavy atom. The molecule has 2 N–H and O–H groups in total. The molecule has 1 aliphatic rings. The molecule has 2 heterocycles. The third-order valence-electron chi connectivity index (χ3n) is 3.76. The molecule has 0 amide bonds. The van der Waals surface area contributed by atoms with E-state index in [0.29, 0.717) is 10.3 Å². The predicted molar refractivity (Wildman–Crippen MR) is 86.9 cm³/mol. The molecular formula is C13H21BrN4O2S. The highest BCUT2D eigenvalue weighted by Gasteiger charge is 2.30. The van der Waals surface area contributed by atoms with Crippen LogP contribution in [0.1, 0.15) is 13.3 Å². The zero-order chi connectivity index (χ0) is 15.6. The topological polar surface area (TPSA) is 74.3 Å². The molecule has 1 fully saturated rings. The first-order valence-corrected chi connectivity index (χ1v) is 9.15. The lowest BCUT2D eigenvalue weighted by Crippen LogP contribution is -2.48. The van der Waals surface area contributed by atoms with E-state index in [-0.39, 0.29) is 16.9 Å². The summed E-state index contributed by atoms with van der Waals surface area (Å²) in [7, 11) is 0.115. The number of anilines is 1. The third kappa shape index (κ3) is 3.94. The molecule has 0 aromatic carbocycles. The molecule has 1 aliphatic heterocycles. The van der Waals surface area contributed by atoms with Crippen LogP contribution < -0.4 is 10.0 Å². The Balaban J connectivity index is 2.24. The SMILES string of the molecule is CNc1ncc(Br)cc1S(=O)(=O)NC1CCN(C)CC1C. The summed E-state index contributed by atoms with van der Waals surface area (Å²) in [5.41, 5.74) is 0. The van der Waals surface area contributed by atoms with Crippen LogP contribution in [0.3, 0.4) is 0 Å². The van der Waals surface area contributed by atoms with E-state index >= 15 is 0 Å². The summed E-state index contributed by atoms with van der Waals surface area (Å²) in [4.78, 5) is 6.49. The van der Waals surface area contributed by atoms with Crippen molar-refractivity contribution in [3.63, 3.8) is 0 Å². The zero-order valence-corrected chi connectivity index (χ0v) is 14.8. The smallest absolute Gasteiger partial charge is 0.244 e. The van der Waals surface area contributed by atoms with Crippen LogP contribution in [0.4, 0.5) is 5.82 Å². The first kappa shape index (κ1) is 16.7. The fourth-order valence-electron chi connectivity index (χ4n) is 2.61. The summed E-state index contributed by atoms with van der Waals surface area (Å²) >= 11 is 3.27. The van der Waals surface area contributed by atoms with E-state index in [4.69, 9.17) is 0 Å². The van der Waals surface area contributed by atoms with Crippen molar-refractivity contribution in [2.45, 2.75) is 24.3 Å². The van der Waals surface area contributed by atoms with Crippen molar-refractivity contribution in [1.82, 2.24) is 14.6 Å². The van der Waals surface area contributed by atoms with Crippen molar-refractivity contribution >= 4 is 31.8 Å². The minimum atomic E-state index is -3.60. The summed E-state index contributed by atoms with van der Waals surface area (Å²) in [6.45, 7) is 3.86. The van der Waals surface area contributed by atoms with Crippen molar-refractivity contribution < 1.29 is 8.42 Å². The lowest BCUT2D eigenvalue weighted by atomic mass is 9.95. The molecule has 0 saturated carbocycles. The predicted octanol–water partition coefficient (Wildman–Crippen LogP) is 1.50. The Morgan fingerprint density at radius 3 is 2.81 bits per heavy atom. The van der Waals surface area contributed by atoms with Crippen LogP contribution in [-0.4, -0.2) is 51.5 Å². The number of nitrogens with zero attached hydrogens (tertiary/aromatic N) is 2. The van der Waals surface area contributed by atoms with E-state index in [1.165, 1.54) is 0 Å². The molecule has 6 nitrogen and oxygen atoms in total. The quantitative estimate of drug-likeness (QED) is 0.832. The number of hydrogen-bond acceptors (Lipinski definition) is 5. The molecule has 1 aromatic rings. The second-order valence-electron chi connectivity index (χ2n) is 5.51. The summed E-state index contributed by atoms with van der Waals surface area (Å²) in [5.74, 6) is 0.628. The van der Waals surface area contributed by atoms with Gasteiger partial charge in [-0.1, -0.05) is 6.92 Å². The zero-order valence-electron chi connectivity index (χ0n) is 12.4. The Morgan fingerprint density at radius 1 is 1.48 bits per heavy atom. The molecule has 0 radical (unpaired) electrons. The maximum Gasteiger partial charge on any atom is 0.244 e. The Bertz CT molecular complexity index is 608. The van der Waals surface area contributed by atoms with Crippen LogP contribution in [0.2, 0.25) is 0 Å². The normalized spacial score (nSPS) is 24.0. The van der Waals surface area contributed by atoms with Crippen LogP contribution in [-0.2, 0) is 10.0 Å². The molecular weight excluding hydrogens is 356 g/mol. The van der Waals surface area contributed by atoms with Crippen molar-refractivity contribution in [1.29, 1.82) is 0 Å². The highest BCUT2D eigenvalue weighted by Crippen LogP contribution is 2.24. The van der Waals surface area contributed by atoms with E-state index in [1.54, 1.807) is 19.3 Å². The van der Waals surface area contributed by atoms with E-state index in [1.807, 2.05) is 0 Å². The number of likely N-dealkylation sites (tertiary alicyclic amines) is 1. The van der Waals surface area contributed by atoms with Gasteiger partial charge in [0.1, 0.15) is 10.7 Å². The van der Waals surface area contributed by atoms with Crippen LogP contribution in [0, 0.1) is 5.92 Å². The monoisotopic (exact) mass is 376 g/mol. The average Bonchev–Trinajstić information content (AvgIpc) is 2.42. The van der Waals surface area contributed by atoms with Gasteiger partial charge in [-0.3, -0.25) is 0 Å². The molecule has 0 aliphatic carbocycles. The number of piperidine rings is 1. The van der Waals surface area contributed by atoms with Crippen LogP contribution in [0.5, 0.6) is 0 Å². The van der Waals surface area contributed by atoms with E-state index in [9.17, 15) is 8.42 Å². The van der Waals surface area contributed by atoms with Crippen molar-refractivity contribution in [2.24, 2.45) is 5.92 Å². The minimum Gasteiger partial charge on any atom is -0.372 e. The Hall–Kier alpha value is -0.700. The molecule has 1 saturated heterocycles. The second-order valence-corrected chi connectivity index (χ2v) is 8.10. The van der Waals surface area contributed by atoms with Crippen molar-refractivity contribution in [2.75, 3.05) is 32.5 Å². The molecule has 0 bridgehead atoms. The molecule has 21 heavy (non-hydrogen) atoms. The summed E-state index contributed by atoms with van der Waals surface area (Å²) in [6.07, 6.45) is 2.39. The first-order valence-electron chi connectivity index (χ1n) is 6.87. The van der Waals surface area contributed by atoms with Crippen LogP contribution >= 0.6 is 15.9 Å². The summed E-state index contributed by atoms with van der Waals surface area (Å²) in [5, 5.41) is 2.83. The van der Waals surface area contributed by atoms with Crippen molar-refractivity contribution in [3.05, 3.63) is 16.7 Å². The Kier molecular flexibility index (Phi) is 5.24. The standard InChI is InChI=1S/C13H21BrN4O2S/c1-9-8-18(3)5-4-11(9)17-21(19,20)12-6-10(14)7-16-13(12)15-2/h6-7,9,11,17H,4-5,8H2,1-3H3,(H,15,16). The van der Waals surface area contributed by atoms with Gasteiger partial charge in [0.25, 0.3) is 0 Å². The van der Waals surface area contributed by atoms with E-state index < -0.39 is 10.0 Å².